The van der Waals surface area contributed by atoms with Crippen molar-refractivity contribution < 1.29 is 19.0 Å². The minimum atomic E-state index is -0.415. The summed E-state index contributed by atoms with van der Waals surface area (Å²) in [5, 5.41) is 0.525. The van der Waals surface area contributed by atoms with Crippen LogP contribution in [0.4, 0.5) is 0 Å². The molecule has 17 heavy (non-hydrogen) atoms. The van der Waals surface area contributed by atoms with Gasteiger partial charge in [0.25, 0.3) is 0 Å². The van der Waals surface area contributed by atoms with E-state index in [0.29, 0.717) is 22.4 Å². The highest BCUT2D eigenvalue weighted by atomic mass is 79.9. The Morgan fingerprint density at radius 3 is 2.29 bits per heavy atom. The highest BCUT2D eigenvalue weighted by Crippen LogP contribution is 2.28. The Bertz CT molecular complexity index is 434. The molecule has 0 amide bonds. The molecule has 1 rings (SSSR count). The van der Waals surface area contributed by atoms with E-state index in [9.17, 15) is 4.79 Å². The van der Waals surface area contributed by atoms with Crippen LogP contribution in [0, 0.1) is 0 Å². The van der Waals surface area contributed by atoms with Crippen LogP contribution in [0.2, 0.25) is 0 Å². The second-order valence-electron chi connectivity index (χ2n) is 3.38. The first-order chi connectivity index (χ1) is 8.10. The number of methoxy groups -OCH3 is 3. The van der Waals surface area contributed by atoms with Crippen molar-refractivity contribution in [2.45, 2.75) is 5.33 Å². The van der Waals surface area contributed by atoms with Crippen molar-refractivity contribution in [3.63, 3.8) is 0 Å². The number of esters is 1. The summed E-state index contributed by atoms with van der Waals surface area (Å²) in [5.74, 6) is 0.722. The van der Waals surface area contributed by atoms with Gasteiger partial charge in [0.2, 0.25) is 0 Å². The molecule has 0 saturated carbocycles. The third-order valence-electron chi connectivity index (χ3n) is 2.60. The van der Waals surface area contributed by atoms with E-state index in [1.54, 1.807) is 13.2 Å². The summed E-state index contributed by atoms with van der Waals surface area (Å²) in [6, 6.07) is 1.69. The molecule has 0 aromatic heterocycles. The average molecular weight is 301 g/mol. The minimum Gasteiger partial charge on any atom is -0.497 e. The van der Waals surface area contributed by atoms with Crippen molar-refractivity contribution in [2.75, 3.05) is 21.3 Å². The third-order valence-corrected chi connectivity index (χ3v) is 3.16. The zero-order valence-corrected chi connectivity index (χ0v) is 11.9. The summed E-state index contributed by atoms with van der Waals surface area (Å²) in [5.41, 5.74) is 2.14. The lowest BCUT2D eigenvalue weighted by atomic mass is 9.86. The van der Waals surface area contributed by atoms with E-state index < -0.39 is 5.97 Å². The lowest BCUT2D eigenvalue weighted by Gasteiger charge is -2.16. The van der Waals surface area contributed by atoms with Gasteiger partial charge in [-0.25, -0.2) is 4.79 Å². The van der Waals surface area contributed by atoms with E-state index in [4.69, 9.17) is 14.2 Å². The molecule has 0 spiro atoms. The summed E-state index contributed by atoms with van der Waals surface area (Å²) in [4.78, 5) is 11.8. The highest BCUT2D eigenvalue weighted by molar-refractivity contribution is 9.08. The van der Waals surface area contributed by atoms with E-state index in [0.717, 1.165) is 11.0 Å². The van der Waals surface area contributed by atoms with Crippen LogP contribution in [0.3, 0.4) is 0 Å². The molecule has 0 aliphatic heterocycles. The first-order valence-corrected chi connectivity index (χ1v) is 6.11. The number of carbonyl (C=O) groups excluding carboxylic acids is 1. The SMILES string of the molecule is Bc1c(OC)cc(OC)c(C(=O)OC)c1CBr. The summed E-state index contributed by atoms with van der Waals surface area (Å²) < 4.78 is 15.2. The number of carbonyl (C=O) groups is 1. The van der Waals surface area contributed by atoms with E-state index in [1.807, 2.05) is 7.85 Å². The molecule has 0 unspecified atom stereocenters. The second kappa shape index (κ2) is 5.96. The summed E-state index contributed by atoms with van der Waals surface area (Å²) >= 11 is 3.36. The van der Waals surface area contributed by atoms with Gasteiger partial charge in [-0.3, -0.25) is 0 Å². The number of rotatable bonds is 4. The Balaban J connectivity index is 3.54. The van der Waals surface area contributed by atoms with Crippen LogP contribution in [-0.4, -0.2) is 35.1 Å². The van der Waals surface area contributed by atoms with Gasteiger partial charge in [-0.2, -0.15) is 0 Å². The van der Waals surface area contributed by atoms with Gasteiger partial charge in [0.15, 0.2) is 0 Å². The Kier molecular flexibility index (Phi) is 4.87. The largest absolute Gasteiger partial charge is 0.497 e. The molecule has 1 aromatic rings. The number of alkyl halides is 1. The molecular weight excluding hydrogens is 287 g/mol. The maximum atomic E-state index is 11.8. The minimum absolute atomic E-state index is 0.415. The van der Waals surface area contributed by atoms with Gasteiger partial charge in [-0.15, -0.1) is 0 Å². The number of halogens is 1. The average Bonchev–Trinajstić information content (AvgIpc) is 2.37. The Morgan fingerprint density at radius 1 is 1.29 bits per heavy atom. The zero-order valence-electron chi connectivity index (χ0n) is 10.3. The van der Waals surface area contributed by atoms with Crippen molar-refractivity contribution in [1.29, 1.82) is 0 Å². The summed E-state index contributed by atoms with van der Waals surface area (Å²) in [7, 11) is 6.33. The number of hydrogen-bond donors (Lipinski definition) is 0. The van der Waals surface area contributed by atoms with Crippen LogP contribution in [0.15, 0.2) is 6.07 Å². The third kappa shape index (κ3) is 2.57. The Labute approximate surface area is 110 Å². The van der Waals surface area contributed by atoms with Gasteiger partial charge in [-0.05, 0) is 11.0 Å². The molecule has 0 aliphatic rings. The molecule has 6 heteroatoms. The molecule has 0 atom stereocenters. The molecule has 0 saturated heterocycles. The Morgan fingerprint density at radius 2 is 1.88 bits per heavy atom. The highest BCUT2D eigenvalue weighted by Gasteiger charge is 2.21. The molecule has 0 radical (unpaired) electrons. The standard InChI is InChI=1S/C11H14BBrO4/c1-15-7-4-8(16-2)10(12)6(5-13)9(7)11(14)17-3/h4H,5,12H2,1-3H3. The van der Waals surface area contributed by atoms with Gasteiger partial charge < -0.3 is 14.2 Å². The van der Waals surface area contributed by atoms with Gasteiger partial charge in [0.1, 0.15) is 24.9 Å². The van der Waals surface area contributed by atoms with Crippen LogP contribution in [0.5, 0.6) is 11.5 Å². The molecule has 0 aliphatic carbocycles. The topological polar surface area (TPSA) is 44.8 Å². The van der Waals surface area contributed by atoms with Gasteiger partial charge in [-0.1, -0.05) is 15.9 Å². The fourth-order valence-electron chi connectivity index (χ4n) is 1.65. The smallest absolute Gasteiger partial charge is 0.341 e. The van der Waals surface area contributed by atoms with Crippen molar-refractivity contribution >= 4 is 35.2 Å². The fourth-order valence-corrected chi connectivity index (χ4v) is 2.35. The first kappa shape index (κ1) is 13.9. The van der Waals surface area contributed by atoms with Crippen LogP contribution in [-0.2, 0) is 10.1 Å². The monoisotopic (exact) mass is 300 g/mol. The van der Waals surface area contributed by atoms with Gasteiger partial charge in [0.05, 0.1) is 21.3 Å². The molecule has 1 aromatic carbocycles. The summed E-state index contributed by atoms with van der Waals surface area (Å²) in [6.45, 7) is 0. The quantitative estimate of drug-likeness (QED) is 0.465. The summed E-state index contributed by atoms with van der Waals surface area (Å²) in [6.07, 6.45) is 0. The first-order valence-electron chi connectivity index (χ1n) is 4.99. The number of ether oxygens (including phenoxy) is 3. The van der Waals surface area contributed by atoms with Crippen LogP contribution >= 0.6 is 15.9 Å². The number of hydrogen-bond acceptors (Lipinski definition) is 4. The predicted molar refractivity (Wildman–Crippen MR) is 71.7 cm³/mol. The van der Waals surface area contributed by atoms with Crippen molar-refractivity contribution in [3.8, 4) is 11.5 Å². The molecule has 4 nitrogen and oxygen atoms in total. The zero-order chi connectivity index (χ0) is 13.0. The molecule has 0 bridgehead atoms. The number of benzene rings is 1. The van der Waals surface area contributed by atoms with Crippen LogP contribution in [0.1, 0.15) is 15.9 Å². The molecule has 92 valence electrons. The maximum Gasteiger partial charge on any atom is 0.341 e. The predicted octanol–water partition coefficient (Wildman–Crippen LogP) is 0.644. The molecule has 0 N–H and O–H groups in total. The lowest BCUT2D eigenvalue weighted by Crippen LogP contribution is -2.19. The Hall–Kier alpha value is -1.17. The van der Waals surface area contributed by atoms with Crippen molar-refractivity contribution in [3.05, 3.63) is 17.2 Å². The van der Waals surface area contributed by atoms with Crippen LogP contribution < -0.4 is 14.9 Å². The normalized spacial score (nSPS) is 9.88. The molecule has 0 fully saturated rings. The van der Waals surface area contributed by atoms with E-state index in [-0.39, 0.29) is 0 Å². The van der Waals surface area contributed by atoms with Crippen molar-refractivity contribution in [1.82, 2.24) is 0 Å². The van der Waals surface area contributed by atoms with Crippen molar-refractivity contribution in [2.24, 2.45) is 0 Å². The van der Waals surface area contributed by atoms with Crippen LogP contribution in [0.25, 0.3) is 0 Å². The lowest BCUT2D eigenvalue weighted by molar-refractivity contribution is 0.0596. The second-order valence-corrected chi connectivity index (χ2v) is 3.95. The van der Waals surface area contributed by atoms with Gasteiger partial charge in [0, 0.05) is 11.4 Å². The molecular formula is C11H14BBrO4. The maximum absolute atomic E-state index is 11.8. The van der Waals surface area contributed by atoms with E-state index in [1.165, 1.54) is 14.2 Å². The van der Waals surface area contributed by atoms with E-state index >= 15 is 0 Å². The van der Waals surface area contributed by atoms with E-state index in [2.05, 4.69) is 15.9 Å². The fraction of sp³-hybridized carbons (Fsp3) is 0.364. The van der Waals surface area contributed by atoms with Gasteiger partial charge >= 0.3 is 5.97 Å². The molecule has 0 heterocycles.